The van der Waals surface area contributed by atoms with Crippen LogP contribution in [0.2, 0.25) is 0 Å². The number of amides is 2. The first-order valence-electron chi connectivity index (χ1n) is 8.24. The lowest BCUT2D eigenvalue weighted by Gasteiger charge is -2.20. The van der Waals surface area contributed by atoms with Crippen LogP contribution < -0.4 is 20.7 Å². The number of benzene rings is 1. The Morgan fingerprint density at radius 2 is 1.85 bits per heavy atom. The minimum atomic E-state index is -0.389. The molecule has 0 radical (unpaired) electrons. The number of nitrogens with one attached hydrogen (secondary N) is 3. The molecule has 7 heteroatoms. The van der Waals surface area contributed by atoms with Gasteiger partial charge in [0.1, 0.15) is 11.6 Å². The summed E-state index contributed by atoms with van der Waals surface area (Å²) in [5.74, 6) is 0.369. The van der Waals surface area contributed by atoms with Gasteiger partial charge < -0.3 is 20.7 Å². The first kappa shape index (κ1) is 19.2. The molecule has 2 amide bonds. The molecule has 0 unspecified atom stereocenters. The van der Waals surface area contributed by atoms with Crippen LogP contribution in [0.1, 0.15) is 31.1 Å². The molecule has 2 rings (SSSR count). The highest BCUT2D eigenvalue weighted by Gasteiger charge is 2.17. The van der Waals surface area contributed by atoms with Crippen LogP contribution in [0, 0.1) is 0 Å². The zero-order valence-corrected chi connectivity index (χ0v) is 15.4. The highest BCUT2D eigenvalue weighted by atomic mass is 16.5. The molecule has 1 aromatic heterocycles. The van der Waals surface area contributed by atoms with Crippen molar-refractivity contribution in [2.24, 2.45) is 0 Å². The minimum absolute atomic E-state index is 0.112. The molecule has 0 saturated carbocycles. The van der Waals surface area contributed by atoms with Crippen LogP contribution in [-0.4, -0.2) is 36.0 Å². The summed E-state index contributed by atoms with van der Waals surface area (Å²) in [5.41, 5.74) is 0.669. The molecule has 2 aromatic rings. The highest BCUT2D eigenvalue weighted by molar-refractivity contribution is 6.01. The van der Waals surface area contributed by atoms with Crippen LogP contribution in [0.4, 0.5) is 11.5 Å². The molecular formula is C19H24N4O3. The Kier molecular flexibility index (Phi) is 6.16. The number of anilines is 2. The lowest BCUT2D eigenvalue weighted by atomic mass is 10.1. The molecule has 0 atom stereocenters. The maximum Gasteiger partial charge on any atom is 0.255 e. The van der Waals surface area contributed by atoms with Crippen molar-refractivity contribution in [3.8, 4) is 5.75 Å². The number of rotatable bonds is 6. The molecule has 26 heavy (non-hydrogen) atoms. The Morgan fingerprint density at radius 3 is 2.54 bits per heavy atom. The van der Waals surface area contributed by atoms with E-state index in [1.807, 2.05) is 45.0 Å². The molecule has 0 saturated heterocycles. The van der Waals surface area contributed by atoms with E-state index in [1.54, 1.807) is 25.4 Å². The lowest BCUT2D eigenvalue weighted by Crippen LogP contribution is -2.45. The second-order valence-corrected chi connectivity index (χ2v) is 6.71. The number of para-hydroxylation sites is 2. The van der Waals surface area contributed by atoms with Gasteiger partial charge in [0.05, 0.1) is 24.9 Å². The van der Waals surface area contributed by atoms with E-state index in [0.717, 1.165) is 0 Å². The van der Waals surface area contributed by atoms with Crippen molar-refractivity contribution in [2.45, 2.75) is 26.3 Å². The molecule has 0 bridgehead atoms. The molecule has 1 aromatic carbocycles. The zero-order chi connectivity index (χ0) is 19.2. The minimum Gasteiger partial charge on any atom is -0.495 e. The summed E-state index contributed by atoms with van der Waals surface area (Å²) in [6.07, 6.45) is 1.58. The number of nitrogens with zero attached hydrogens (tertiary/aromatic N) is 1. The summed E-state index contributed by atoms with van der Waals surface area (Å²) in [6, 6.07) is 10.6. The van der Waals surface area contributed by atoms with Crippen LogP contribution in [-0.2, 0) is 4.79 Å². The summed E-state index contributed by atoms with van der Waals surface area (Å²) in [6.45, 7) is 5.52. The van der Waals surface area contributed by atoms with E-state index in [2.05, 4.69) is 20.9 Å². The monoisotopic (exact) mass is 356 g/mol. The standard InChI is InChI=1S/C19H24N4O3/c1-19(2,3)23-16(24)12-21-18(25)13-8-7-11-20-17(13)22-14-9-5-6-10-15(14)26-4/h5-11H,12H2,1-4H3,(H,20,22)(H,21,25)(H,23,24). The van der Waals surface area contributed by atoms with Crippen LogP contribution in [0.3, 0.4) is 0 Å². The van der Waals surface area contributed by atoms with Crippen LogP contribution in [0.15, 0.2) is 42.6 Å². The van der Waals surface area contributed by atoms with Gasteiger partial charge in [-0.05, 0) is 45.0 Å². The van der Waals surface area contributed by atoms with Crippen molar-refractivity contribution in [3.63, 3.8) is 0 Å². The molecule has 3 N–H and O–H groups in total. The van der Waals surface area contributed by atoms with Crippen molar-refractivity contribution < 1.29 is 14.3 Å². The molecular weight excluding hydrogens is 332 g/mol. The van der Waals surface area contributed by atoms with Crippen LogP contribution in [0.25, 0.3) is 0 Å². The van der Waals surface area contributed by atoms with Crippen molar-refractivity contribution in [1.29, 1.82) is 0 Å². The second kappa shape index (κ2) is 8.33. The number of hydrogen-bond acceptors (Lipinski definition) is 5. The van der Waals surface area contributed by atoms with E-state index in [-0.39, 0.29) is 23.9 Å². The molecule has 138 valence electrons. The summed E-state index contributed by atoms with van der Waals surface area (Å²) in [4.78, 5) is 28.6. The van der Waals surface area contributed by atoms with Crippen molar-refractivity contribution in [2.75, 3.05) is 19.0 Å². The first-order valence-corrected chi connectivity index (χ1v) is 8.24. The van der Waals surface area contributed by atoms with Gasteiger partial charge in [-0.25, -0.2) is 4.98 Å². The number of methoxy groups -OCH3 is 1. The highest BCUT2D eigenvalue weighted by Crippen LogP contribution is 2.27. The van der Waals surface area contributed by atoms with Crippen molar-refractivity contribution >= 4 is 23.3 Å². The normalized spacial score (nSPS) is 10.8. The summed E-state index contributed by atoms with van der Waals surface area (Å²) >= 11 is 0. The van der Waals surface area contributed by atoms with Crippen LogP contribution >= 0.6 is 0 Å². The predicted molar refractivity (Wildman–Crippen MR) is 101 cm³/mol. The van der Waals surface area contributed by atoms with E-state index in [1.165, 1.54) is 0 Å². The van der Waals surface area contributed by atoms with Gasteiger partial charge in [-0.1, -0.05) is 12.1 Å². The van der Waals surface area contributed by atoms with Crippen molar-refractivity contribution in [3.05, 3.63) is 48.2 Å². The second-order valence-electron chi connectivity index (χ2n) is 6.71. The Balaban J connectivity index is 2.10. The Morgan fingerprint density at radius 1 is 1.12 bits per heavy atom. The SMILES string of the molecule is COc1ccccc1Nc1ncccc1C(=O)NCC(=O)NC(C)(C)C. The van der Waals surface area contributed by atoms with E-state index >= 15 is 0 Å². The van der Waals surface area contributed by atoms with Gasteiger partial charge in [0, 0.05) is 11.7 Å². The largest absolute Gasteiger partial charge is 0.495 e. The Labute approximate surface area is 153 Å². The fourth-order valence-electron chi connectivity index (χ4n) is 2.28. The summed E-state index contributed by atoms with van der Waals surface area (Å²) in [5, 5.41) is 8.51. The van der Waals surface area contributed by atoms with Gasteiger partial charge in [0.25, 0.3) is 5.91 Å². The van der Waals surface area contributed by atoms with E-state index < -0.39 is 0 Å². The molecule has 7 nitrogen and oxygen atoms in total. The third kappa shape index (κ3) is 5.47. The van der Waals surface area contributed by atoms with Gasteiger partial charge in [-0.2, -0.15) is 0 Å². The number of hydrogen-bond donors (Lipinski definition) is 3. The van der Waals surface area contributed by atoms with Gasteiger partial charge in [0.15, 0.2) is 0 Å². The number of pyridine rings is 1. The average Bonchev–Trinajstić information content (AvgIpc) is 2.59. The third-order valence-corrected chi connectivity index (χ3v) is 3.34. The summed E-state index contributed by atoms with van der Waals surface area (Å²) < 4.78 is 5.30. The van der Waals surface area contributed by atoms with Gasteiger partial charge >= 0.3 is 0 Å². The number of ether oxygens (including phenoxy) is 1. The van der Waals surface area contributed by atoms with Crippen molar-refractivity contribution in [1.82, 2.24) is 15.6 Å². The lowest BCUT2D eigenvalue weighted by molar-refractivity contribution is -0.121. The number of aromatic nitrogens is 1. The number of carbonyl (C=O) groups excluding carboxylic acids is 2. The third-order valence-electron chi connectivity index (χ3n) is 3.34. The van der Waals surface area contributed by atoms with E-state index in [0.29, 0.717) is 22.8 Å². The predicted octanol–water partition coefficient (Wildman–Crippen LogP) is 2.48. The molecule has 0 fully saturated rings. The van der Waals surface area contributed by atoms with E-state index in [4.69, 9.17) is 4.74 Å². The van der Waals surface area contributed by atoms with Gasteiger partial charge in [0.2, 0.25) is 5.91 Å². The Hall–Kier alpha value is -3.09. The molecule has 0 aliphatic carbocycles. The molecule has 1 heterocycles. The van der Waals surface area contributed by atoms with Crippen LogP contribution in [0.5, 0.6) is 5.75 Å². The maximum absolute atomic E-state index is 12.5. The smallest absolute Gasteiger partial charge is 0.255 e. The topological polar surface area (TPSA) is 92.3 Å². The summed E-state index contributed by atoms with van der Waals surface area (Å²) in [7, 11) is 1.57. The van der Waals surface area contributed by atoms with Gasteiger partial charge in [-0.15, -0.1) is 0 Å². The molecule has 0 aliphatic heterocycles. The average molecular weight is 356 g/mol. The molecule has 0 aliphatic rings. The fraction of sp³-hybridized carbons (Fsp3) is 0.316. The number of carbonyl (C=O) groups is 2. The quantitative estimate of drug-likeness (QED) is 0.739. The van der Waals surface area contributed by atoms with E-state index in [9.17, 15) is 9.59 Å². The van der Waals surface area contributed by atoms with Gasteiger partial charge in [-0.3, -0.25) is 9.59 Å². The Bertz CT molecular complexity index is 784. The first-order chi connectivity index (χ1) is 12.3. The zero-order valence-electron chi connectivity index (χ0n) is 15.4. The fourth-order valence-corrected chi connectivity index (χ4v) is 2.28. The maximum atomic E-state index is 12.5. The molecule has 0 spiro atoms.